The molecule has 148 valence electrons. The summed E-state index contributed by atoms with van der Waals surface area (Å²) in [7, 11) is 0. The molecule has 0 spiro atoms. The molecule has 0 aromatic carbocycles. The Bertz CT molecular complexity index is 696. The van der Waals surface area contributed by atoms with Gasteiger partial charge in [0.15, 0.2) is 0 Å². The van der Waals surface area contributed by atoms with Crippen molar-refractivity contribution in [3.63, 3.8) is 0 Å². The number of carbonyl (C=O) groups excluding carboxylic acids is 1. The number of aromatic nitrogens is 1. The van der Waals surface area contributed by atoms with Crippen LogP contribution in [-0.4, -0.2) is 29.1 Å². The van der Waals surface area contributed by atoms with Crippen molar-refractivity contribution in [2.45, 2.75) is 70.4 Å². The molecule has 0 aliphatic carbocycles. The summed E-state index contributed by atoms with van der Waals surface area (Å²) in [6.45, 7) is 9.75. The largest absolute Gasteiger partial charge is 0.315 e. The fourth-order valence-corrected chi connectivity index (χ4v) is 4.45. The minimum Gasteiger partial charge on any atom is -0.315 e. The van der Waals surface area contributed by atoms with Gasteiger partial charge in [0.1, 0.15) is 5.03 Å². The molecule has 2 aromatic heterocycles. The van der Waals surface area contributed by atoms with Crippen molar-refractivity contribution >= 4 is 28.9 Å². The Labute approximate surface area is 172 Å². The van der Waals surface area contributed by atoms with Crippen molar-refractivity contribution in [3.05, 3.63) is 45.8 Å². The fraction of sp³-hybridized carbons (Fsp3) is 0.545. The number of thioether (sulfide) groups is 1. The zero-order valence-corrected chi connectivity index (χ0v) is 18.6. The van der Waals surface area contributed by atoms with Gasteiger partial charge in [0.25, 0.3) is 0 Å². The van der Waals surface area contributed by atoms with Crippen LogP contribution in [0.4, 0.5) is 0 Å². The van der Waals surface area contributed by atoms with Gasteiger partial charge in [-0.15, -0.1) is 23.1 Å². The van der Waals surface area contributed by atoms with Crippen LogP contribution >= 0.6 is 23.1 Å². The Kier molecular flexibility index (Phi) is 9.52. The van der Waals surface area contributed by atoms with E-state index in [0.717, 1.165) is 39.9 Å². The van der Waals surface area contributed by atoms with E-state index in [9.17, 15) is 4.79 Å². The molecule has 1 N–H and O–H groups in total. The number of ketones is 1. The average molecular weight is 405 g/mol. The minimum absolute atomic E-state index is 0.0927. The number of nitrogens with one attached hydrogen (secondary N) is 1. The van der Waals surface area contributed by atoms with Crippen LogP contribution < -0.4 is 5.32 Å². The summed E-state index contributed by atoms with van der Waals surface area (Å²) in [5, 5.41) is 6.30. The van der Waals surface area contributed by atoms with Crippen LogP contribution in [0.25, 0.3) is 0 Å². The van der Waals surface area contributed by atoms with Crippen LogP contribution in [0.2, 0.25) is 0 Å². The number of hydrogen-bond acceptors (Lipinski definition) is 5. The third kappa shape index (κ3) is 7.40. The topological polar surface area (TPSA) is 42.0 Å². The van der Waals surface area contributed by atoms with Crippen molar-refractivity contribution < 1.29 is 4.79 Å². The average Bonchev–Trinajstić information content (AvgIpc) is 3.17. The first kappa shape index (κ1) is 22.1. The molecule has 2 aromatic rings. The predicted octanol–water partition coefficient (Wildman–Crippen LogP) is 6.15. The Morgan fingerprint density at radius 2 is 1.89 bits per heavy atom. The van der Waals surface area contributed by atoms with Gasteiger partial charge < -0.3 is 5.32 Å². The number of unbranched alkanes of at least 4 members (excludes halogenated alkanes) is 3. The molecule has 2 rings (SSSR count). The van der Waals surface area contributed by atoms with E-state index in [4.69, 9.17) is 4.98 Å². The monoisotopic (exact) mass is 404 g/mol. The van der Waals surface area contributed by atoms with E-state index in [1.54, 1.807) is 11.8 Å². The Morgan fingerprint density at radius 3 is 2.56 bits per heavy atom. The van der Waals surface area contributed by atoms with Gasteiger partial charge in [0.05, 0.1) is 10.4 Å². The first-order chi connectivity index (χ1) is 13.0. The molecule has 0 saturated carbocycles. The molecule has 5 heteroatoms. The lowest BCUT2D eigenvalue weighted by Gasteiger charge is -2.11. The van der Waals surface area contributed by atoms with E-state index in [1.807, 2.05) is 29.6 Å². The highest BCUT2D eigenvalue weighted by molar-refractivity contribution is 7.99. The highest BCUT2D eigenvalue weighted by Gasteiger charge is 2.17. The smallest absolute Gasteiger partial charge is 0.205 e. The van der Waals surface area contributed by atoms with E-state index in [2.05, 4.69) is 33.0 Å². The maximum Gasteiger partial charge on any atom is 0.205 e. The fourth-order valence-electron chi connectivity index (χ4n) is 2.74. The van der Waals surface area contributed by atoms with Crippen molar-refractivity contribution in [1.82, 2.24) is 10.3 Å². The van der Waals surface area contributed by atoms with Gasteiger partial charge >= 0.3 is 0 Å². The van der Waals surface area contributed by atoms with Crippen molar-refractivity contribution in [1.29, 1.82) is 0 Å². The molecule has 0 aliphatic heterocycles. The lowest BCUT2D eigenvalue weighted by Crippen LogP contribution is -2.23. The van der Waals surface area contributed by atoms with Gasteiger partial charge in [-0.05, 0) is 54.6 Å². The Hall–Kier alpha value is -1.17. The number of thiophene rings is 1. The summed E-state index contributed by atoms with van der Waals surface area (Å²) in [4.78, 5) is 18.4. The Morgan fingerprint density at radius 1 is 1.11 bits per heavy atom. The van der Waals surface area contributed by atoms with Gasteiger partial charge in [-0.3, -0.25) is 4.79 Å². The van der Waals surface area contributed by atoms with E-state index >= 15 is 0 Å². The molecule has 27 heavy (non-hydrogen) atoms. The maximum absolute atomic E-state index is 12.8. The van der Waals surface area contributed by atoms with Gasteiger partial charge in [-0.25, -0.2) is 4.98 Å². The second-order valence-electron chi connectivity index (χ2n) is 7.42. The van der Waals surface area contributed by atoms with E-state index in [1.165, 1.54) is 30.6 Å². The molecule has 0 saturated heterocycles. The van der Waals surface area contributed by atoms with Crippen LogP contribution in [0.5, 0.6) is 0 Å². The minimum atomic E-state index is 0.0927. The zero-order chi connectivity index (χ0) is 19.6. The first-order valence-electron chi connectivity index (χ1n) is 9.94. The van der Waals surface area contributed by atoms with E-state index in [0.29, 0.717) is 12.0 Å². The number of carbonyl (C=O) groups is 1. The predicted molar refractivity (Wildman–Crippen MR) is 118 cm³/mol. The summed E-state index contributed by atoms with van der Waals surface area (Å²) in [6.07, 6.45) is 4.87. The second kappa shape index (κ2) is 11.6. The molecule has 0 radical (unpaired) electrons. The third-order valence-corrected chi connectivity index (χ3v) is 6.27. The van der Waals surface area contributed by atoms with Gasteiger partial charge in [-0.1, -0.05) is 46.6 Å². The zero-order valence-electron chi connectivity index (χ0n) is 17.0. The van der Waals surface area contributed by atoms with Crippen molar-refractivity contribution in [2.24, 2.45) is 0 Å². The van der Waals surface area contributed by atoms with Crippen molar-refractivity contribution in [3.8, 4) is 0 Å². The second-order valence-corrected chi connectivity index (χ2v) is 9.45. The molecule has 0 atom stereocenters. The maximum atomic E-state index is 12.8. The number of nitrogens with zero attached hydrogens (tertiary/aromatic N) is 1. The molecule has 0 aliphatic rings. The van der Waals surface area contributed by atoms with Crippen LogP contribution in [0.15, 0.2) is 34.7 Å². The number of hydrogen-bond donors (Lipinski definition) is 1. The van der Waals surface area contributed by atoms with Crippen LogP contribution in [0.3, 0.4) is 0 Å². The molecule has 0 bridgehead atoms. The Balaban J connectivity index is 1.91. The molecule has 2 heterocycles. The summed E-state index contributed by atoms with van der Waals surface area (Å²) >= 11 is 3.22. The lowest BCUT2D eigenvalue weighted by atomic mass is 10.1. The quantitative estimate of drug-likeness (QED) is 0.262. The standard InChI is InChI=1S/C22H32N2OS2/c1-16(2)19-12-11-18(21(25)20-10-9-15-26-20)22(24-19)27-14-8-6-5-7-13-23-17(3)4/h9-12,15-17,23H,5-8,13-14H2,1-4H3. The van der Waals surface area contributed by atoms with Crippen LogP contribution in [0, 0.1) is 0 Å². The van der Waals surface area contributed by atoms with Gasteiger partial charge in [0, 0.05) is 11.7 Å². The summed E-state index contributed by atoms with van der Waals surface area (Å²) in [5.74, 6) is 1.47. The third-order valence-electron chi connectivity index (χ3n) is 4.33. The summed E-state index contributed by atoms with van der Waals surface area (Å²) in [5.41, 5.74) is 1.80. The highest BCUT2D eigenvalue weighted by Crippen LogP contribution is 2.27. The van der Waals surface area contributed by atoms with Crippen molar-refractivity contribution in [2.75, 3.05) is 12.3 Å². The van der Waals surface area contributed by atoms with Gasteiger partial charge in [-0.2, -0.15) is 0 Å². The molecule has 0 amide bonds. The molecular formula is C22H32N2OS2. The van der Waals surface area contributed by atoms with Crippen LogP contribution in [0.1, 0.15) is 80.2 Å². The molecular weight excluding hydrogens is 372 g/mol. The van der Waals surface area contributed by atoms with E-state index < -0.39 is 0 Å². The van der Waals surface area contributed by atoms with Crippen LogP contribution in [-0.2, 0) is 0 Å². The summed E-state index contributed by atoms with van der Waals surface area (Å²) < 4.78 is 0. The SMILES string of the molecule is CC(C)NCCCCCCSc1nc(C(C)C)ccc1C(=O)c1cccs1. The number of rotatable bonds is 12. The van der Waals surface area contributed by atoms with E-state index in [-0.39, 0.29) is 5.78 Å². The first-order valence-corrected chi connectivity index (χ1v) is 11.8. The summed E-state index contributed by atoms with van der Waals surface area (Å²) in [6, 6.07) is 8.35. The molecule has 0 fully saturated rings. The highest BCUT2D eigenvalue weighted by atomic mass is 32.2. The molecule has 3 nitrogen and oxygen atoms in total. The normalized spacial score (nSPS) is 11.5. The van der Waals surface area contributed by atoms with Gasteiger partial charge in [0.2, 0.25) is 5.78 Å². The lowest BCUT2D eigenvalue weighted by molar-refractivity contribution is 0.103. The number of pyridine rings is 1. The molecule has 0 unspecified atom stereocenters.